The molecule has 0 unspecified atom stereocenters. The molecule has 0 saturated heterocycles. The number of aromatic amines is 1. The second kappa shape index (κ2) is 29.3. The molecule has 23 heteroatoms. The molecule has 0 bridgehead atoms. The number of hydrogen-bond donors (Lipinski definition) is 8. The van der Waals surface area contributed by atoms with E-state index in [1.165, 1.54) is 76.6 Å². The predicted octanol–water partition coefficient (Wildman–Crippen LogP) is 4.08. The summed E-state index contributed by atoms with van der Waals surface area (Å²) in [6, 6.07) is 9.64. The summed E-state index contributed by atoms with van der Waals surface area (Å²) in [6.07, 6.45) is 2.09. The summed E-state index contributed by atoms with van der Waals surface area (Å²) in [5.41, 5.74) is 7.39. The van der Waals surface area contributed by atoms with Crippen LogP contribution in [0.2, 0.25) is 0 Å². The third kappa shape index (κ3) is 17.6. The Morgan fingerprint density at radius 1 is 0.750 bits per heavy atom. The van der Waals surface area contributed by atoms with E-state index in [4.69, 9.17) is 20.0 Å². The number of aromatic nitrogens is 2. The highest BCUT2D eigenvalue weighted by atomic mass is 16.5. The summed E-state index contributed by atoms with van der Waals surface area (Å²) in [4.78, 5) is 160. The number of ether oxygens (including phenoxy) is 1. The topological polar surface area (TPSA) is 379 Å². The van der Waals surface area contributed by atoms with E-state index in [9.17, 15) is 67.7 Å². The summed E-state index contributed by atoms with van der Waals surface area (Å²) in [6.45, 7) is 4.97. The number of hydrogen-bond acceptors (Lipinski definition) is 17. The second-order valence-electron chi connectivity index (χ2n) is 20.0. The number of aliphatic carboxylic acids is 1. The average molecular weight is 1110 g/mol. The smallest absolute Gasteiger partial charge is 0.303 e. The molecule has 1 aliphatic heterocycles. The summed E-state index contributed by atoms with van der Waals surface area (Å²) in [5.74, 6) is -10.7. The van der Waals surface area contributed by atoms with E-state index in [0.29, 0.717) is 52.6 Å². The number of benzene rings is 3. The monoisotopic (exact) mass is 1110 g/mol. The van der Waals surface area contributed by atoms with Gasteiger partial charge in [-0.3, -0.25) is 52.7 Å². The van der Waals surface area contributed by atoms with Gasteiger partial charge in [-0.1, -0.05) is 19.8 Å². The minimum absolute atomic E-state index is 0.0893. The molecule has 7 atom stereocenters. The van der Waals surface area contributed by atoms with Crippen LogP contribution in [0.15, 0.2) is 76.3 Å². The summed E-state index contributed by atoms with van der Waals surface area (Å²) < 4.78 is 11.3. The van der Waals surface area contributed by atoms with Crippen LogP contribution in [0, 0.1) is 23.7 Å². The van der Waals surface area contributed by atoms with E-state index in [-0.39, 0.29) is 84.8 Å². The van der Waals surface area contributed by atoms with Gasteiger partial charge in [-0.2, -0.15) is 0 Å². The summed E-state index contributed by atoms with van der Waals surface area (Å²) >= 11 is 0. The number of aliphatic hydroxyl groups is 1. The van der Waals surface area contributed by atoms with Crippen LogP contribution in [0.4, 0.5) is 0 Å². The number of imidazole rings is 1. The molecule has 80 heavy (non-hydrogen) atoms. The molecule has 23 nitrogen and oxygen atoms in total. The van der Waals surface area contributed by atoms with Gasteiger partial charge in [0.15, 0.2) is 28.6 Å². The summed E-state index contributed by atoms with van der Waals surface area (Å²) in [5, 5.41) is 37.5. The fourth-order valence-electron chi connectivity index (χ4n) is 9.13. The molecule has 4 amide bonds. The standard InChI is InChI=1S/C57H66N6O17/c1-30(55(76)61-33(4)47(71)22-37(27-64)57(78)63-44(23-38-26-59-28-60-38)48(72)21-35(54(58)75)11-17-52(73)74)18-46(70)32(3)62-56(77)36(19-31(2)66)8-6-5-7-9-45(69)34-10-16-49(79-29-65)43(20-34)53-41-14-12-39(67)24-50(41)80-51-25-40(68)13-15-42(51)53/h10,12-16,20,24-26,28-30,32-33,35-37,44,64,67H,5-9,11,17-19,21-23,27H2,1-4H3,(H2,58,75)(H,59,60)(H,61,76)(H,62,77)(H,63,78)(H,73,74)/t30-,32+,33+,35-,36-,37+,44+/m0/s1. The van der Waals surface area contributed by atoms with E-state index < -0.39 is 115 Å². The largest absolute Gasteiger partial charge is 0.508 e. The van der Waals surface area contributed by atoms with Gasteiger partial charge in [0.25, 0.3) is 6.47 Å². The van der Waals surface area contributed by atoms with Crippen LogP contribution >= 0.6 is 0 Å². The number of nitrogens with two attached hydrogens (primary N) is 1. The van der Waals surface area contributed by atoms with Crippen molar-refractivity contribution in [3.05, 3.63) is 88.6 Å². The van der Waals surface area contributed by atoms with E-state index >= 15 is 0 Å². The van der Waals surface area contributed by atoms with Crippen molar-refractivity contribution in [2.45, 2.75) is 123 Å². The summed E-state index contributed by atoms with van der Waals surface area (Å²) in [7, 11) is 0. The number of carbonyl (C=O) groups is 11. The highest BCUT2D eigenvalue weighted by Crippen LogP contribution is 2.44. The van der Waals surface area contributed by atoms with Gasteiger partial charge in [0.05, 0.1) is 37.0 Å². The molecule has 0 saturated carbocycles. The van der Waals surface area contributed by atoms with Crippen LogP contribution in [0.3, 0.4) is 0 Å². The zero-order chi connectivity index (χ0) is 58.8. The predicted molar refractivity (Wildman–Crippen MR) is 287 cm³/mol. The number of amides is 4. The first-order valence-electron chi connectivity index (χ1n) is 26.0. The SMILES string of the molecule is CC(=O)C[C@H](CCCCCC(=O)c1ccc(OC=O)c(-c2c3ccc(=O)cc-3oc3cc(O)ccc23)c1)C(=O)N[C@H](C)C(=O)C[C@H](C)C(=O)N[C@H](C)C(=O)C[C@H](CO)C(=O)N[C@H](Cc1cnc[nH]1)C(=O)C[C@H](CCC(=O)O)C(N)=O. The first kappa shape index (κ1) is 62.1. The van der Waals surface area contributed by atoms with Gasteiger partial charge in [-0.05, 0) is 82.5 Å². The second-order valence-corrected chi connectivity index (χ2v) is 20.0. The number of fused-ring (bicyclic) bond motifs is 2. The van der Waals surface area contributed by atoms with Crippen molar-refractivity contribution in [3.63, 3.8) is 0 Å². The number of aromatic hydroxyl groups is 1. The molecule has 2 aliphatic rings. The minimum Gasteiger partial charge on any atom is -0.508 e. The number of carboxylic acid groups (broad SMARTS) is 1. The number of carboxylic acids is 1. The minimum atomic E-state index is -1.38. The van der Waals surface area contributed by atoms with E-state index in [2.05, 4.69) is 25.9 Å². The number of nitrogens with one attached hydrogen (secondary N) is 4. The number of nitrogens with zero attached hydrogens (tertiary/aromatic N) is 1. The Hall–Kier alpha value is -8.73. The van der Waals surface area contributed by atoms with Crippen molar-refractivity contribution in [2.24, 2.45) is 29.4 Å². The molecule has 2 heterocycles. The maximum atomic E-state index is 13.6. The highest BCUT2D eigenvalue weighted by molar-refractivity contribution is 6.06. The number of ketones is 5. The number of phenols is 1. The number of unbranched alkanes of at least 4 members (excludes halogenated alkanes) is 2. The maximum absolute atomic E-state index is 13.6. The lowest BCUT2D eigenvalue weighted by Crippen LogP contribution is -2.48. The molecule has 1 aliphatic carbocycles. The fraction of sp³-hybridized carbons (Fsp3) is 0.421. The van der Waals surface area contributed by atoms with Crippen LogP contribution in [0.25, 0.3) is 33.4 Å². The Bertz CT molecular complexity index is 3130. The molecule has 1 aromatic heterocycles. The Balaban J connectivity index is 1.11. The van der Waals surface area contributed by atoms with Crippen molar-refractivity contribution in [2.75, 3.05) is 6.61 Å². The third-order valence-electron chi connectivity index (χ3n) is 13.7. The molecule has 9 N–H and O–H groups in total. The van der Waals surface area contributed by atoms with E-state index in [1.54, 1.807) is 18.2 Å². The number of rotatable bonds is 34. The van der Waals surface area contributed by atoms with Crippen molar-refractivity contribution in [3.8, 4) is 33.9 Å². The van der Waals surface area contributed by atoms with Crippen LogP contribution < -0.4 is 31.8 Å². The number of aliphatic hydroxyl groups excluding tert-OH is 1. The van der Waals surface area contributed by atoms with Gasteiger partial charge >= 0.3 is 5.97 Å². The van der Waals surface area contributed by atoms with Gasteiger partial charge in [0, 0.05) is 114 Å². The fourth-order valence-corrected chi connectivity index (χ4v) is 9.13. The lowest BCUT2D eigenvalue weighted by atomic mass is 9.91. The first-order valence-corrected chi connectivity index (χ1v) is 26.0. The van der Waals surface area contributed by atoms with Crippen molar-refractivity contribution < 1.29 is 77.2 Å². The molecular formula is C57H66N6O17. The molecule has 3 aromatic rings. The van der Waals surface area contributed by atoms with Crippen LogP contribution in [0.5, 0.6) is 11.5 Å². The van der Waals surface area contributed by atoms with Gasteiger partial charge in [0.2, 0.25) is 23.6 Å². The van der Waals surface area contributed by atoms with Gasteiger partial charge < -0.3 is 55.9 Å². The third-order valence-corrected chi connectivity index (χ3v) is 13.7. The van der Waals surface area contributed by atoms with E-state index in [1.807, 2.05) is 0 Å². The molecule has 5 rings (SSSR count). The Labute approximate surface area is 459 Å². The van der Waals surface area contributed by atoms with Gasteiger partial charge in [-0.25, -0.2) is 4.98 Å². The van der Waals surface area contributed by atoms with E-state index in [0.717, 1.165) is 0 Å². The molecule has 426 valence electrons. The average Bonchev–Trinajstić information content (AvgIpc) is 4.08. The highest BCUT2D eigenvalue weighted by Gasteiger charge is 2.33. The molecule has 0 spiro atoms. The van der Waals surface area contributed by atoms with Crippen LogP contribution in [0.1, 0.15) is 114 Å². The van der Waals surface area contributed by atoms with Crippen molar-refractivity contribution in [1.82, 2.24) is 25.9 Å². The van der Waals surface area contributed by atoms with Crippen molar-refractivity contribution >= 4 is 76.0 Å². The Kier molecular flexibility index (Phi) is 22.8. The Morgan fingerprint density at radius 3 is 2.09 bits per heavy atom. The molecular weight excluding hydrogens is 1040 g/mol. The lowest BCUT2D eigenvalue weighted by molar-refractivity contribution is -0.138. The normalized spacial score (nSPS) is 13.9. The number of H-pyrrole nitrogens is 1. The number of carbonyl (C=O) groups excluding carboxylic acids is 10. The molecule has 0 radical (unpaired) electrons. The van der Waals surface area contributed by atoms with Gasteiger partial charge in [-0.15, -0.1) is 0 Å². The molecule has 2 aromatic carbocycles. The van der Waals surface area contributed by atoms with Crippen molar-refractivity contribution in [1.29, 1.82) is 0 Å². The maximum Gasteiger partial charge on any atom is 0.303 e. The lowest BCUT2D eigenvalue weighted by Gasteiger charge is -2.23. The molecule has 0 fully saturated rings. The van der Waals surface area contributed by atoms with Crippen LogP contribution in [-0.4, -0.2) is 115 Å². The van der Waals surface area contributed by atoms with Gasteiger partial charge in [0.1, 0.15) is 28.6 Å². The zero-order valence-electron chi connectivity index (χ0n) is 44.7. The van der Waals surface area contributed by atoms with Crippen LogP contribution in [-0.2, 0) is 54.4 Å². The number of Topliss-reactive ketones (excluding diaryl/α,β-unsaturated/α-hetero) is 5. The Morgan fingerprint density at radius 2 is 1.44 bits per heavy atom. The number of phenolic OH excluding ortho intramolecular Hbond substituents is 1. The quantitative estimate of drug-likeness (QED) is 0.0124. The number of primary amides is 1. The zero-order valence-corrected chi connectivity index (χ0v) is 44.7. The first-order chi connectivity index (χ1) is 38.0.